The number of aryl methyl sites for hydroxylation is 1. The summed E-state index contributed by atoms with van der Waals surface area (Å²) in [5.41, 5.74) is 2.24. The lowest BCUT2D eigenvalue weighted by molar-refractivity contribution is 0.0844. The number of nitrogens with one attached hydrogen (secondary N) is 2. The monoisotopic (exact) mass is 277 g/mol. The van der Waals surface area contributed by atoms with Gasteiger partial charge in [-0.1, -0.05) is 13.8 Å². The molecule has 20 heavy (non-hydrogen) atoms. The zero-order valence-corrected chi connectivity index (χ0v) is 12.3. The van der Waals surface area contributed by atoms with Crippen molar-refractivity contribution in [1.29, 1.82) is 0 Å². The lowest BCUT2D eigenvalue weighted by Gasteiger charge is -2.17. The first kappa shape index (κ1) is 14.8. The molecule has 0 amide bonds. The van der Waals surface area contributed by atoms with Crippen molar-refractivity contribution in [1.82, 2.24) is 15.5 Å². The number of rotatable bonds is 8. The summed E-state index contributed by atoms with van der Waals surface area (Å²) in [7, 11) is 0. The van der Waals surface area contributed by atoms with Crippen LogP contribution in [0, 0.1) is 12.8 Å². The molecule has 0 aliphatic carbocycles. The van der Waals surface area contributed by atoms with Gasteiger partial charge in [-0.25, -0.2) is 0 Å². The van der Waals surface area contributed by atoms with Gasteiger partial charge in [0.1, 0.15) is 5.76 Å². The molecule has 1 atom stereocenters. The fourth-order valence-electron chi connectivity index (χ4n) is 1.94. The average Bonchev–Trinajstić information content (AvgIpc) is 3.05. The Morgan fingerprint density at radius 3 is 2.85 bits per heavy atom. The van der Waals surface area contributed by atoms with E-state index in [0.717, 1.165) is 30.2 Å². The number of aromatic amines is 1. The Labute approximate surface area is 119 Å². The minimum Gasteiger partial charge on any atom is -0.468 e. The molecule has 2 aromatic heterocycles. The minimum absolute atomic E-state index is 0.0537. The van der Waals surface area contributed by atoms with Gasteiger partial charge < -0.3 is 14.5 Å². The van der Waals surface area contributed by atoms with Crippen molar-refractivity contribution >= 4 is 0 Å². The summed E-state index contributed by atoms with van der Waals surface area (Å²) < 4.78 is 11.2. The molecule has 0 aliphatic rings. The third kappa shape index (κ3) is 4.21. The molecule has 5 heteroatoms. The highest BCUT2D eigenvalue weighted by Gasteiger charge is 2.15. The molecule has 1 unspecified atom stereocenters. The van der Waals surface area contributed by atoms with E-state index in [2.05, 4.69) is 29.4 Å². The van der Waals surface area contributed by atoms with Crippen molar-refractivity contribution < 1.29 is 9.15 Å². The van der Waals surface area contributed by atoms with E-state index in [1.165, 1.54) is 0 Å². The van der Waals surface area contributed by atoms with Gasteiger partial charge in [-0.3, -0.25) is 5.10 Å². The lowest BCUT2D eigenvalue weighted by atomic mass is 10.2. The predicted molar refractivity (Wildman–Crippen MR) is 77.3 cm³/mol. The van der Waals surface area contributed by atoms with Crippen molar-refractivity contribution in [2.75, 3.05) is 13.2 Å². The number of hydrogen-bond acceptors (Lipinski definition) is 4. The van der Waals surface area contributed by atoms with Gasteiger partial charge in [0.25, 0.3) is 0 Å². The van der Waals surface area contributed by atoms with Crippen LogP contribution in [0.4, 0.5) is 0 Å². The van der Waals surface area contributed by atoms with Crippen LogP contribution in [0.3, 0.4) is 0 Å². The zero-order chi connectivity index (χ0) is 14.4. The van der Waals surface area contributed by atoms with Crippen molar-refractivity contribution in [2.45, 2.75) is 33.4 Å². The lowest BCUT2D eigenvalue weighted by Crippen LogP contribution is -2.25. The SMILES string of the molecule is Cc1[nH]ncc1CNC(COCC(C)C)c1ccco1. The molecule has 5 nitrogen and oxygen atoms in total. The highest BCUT2D eigenvalue weighted by molar-refractivity contribution is 5.14. The number of aromatic nitrogens is 2. The first-order valence-corrected chi connectivity index (χ1v) is 7.00. The fraction of sp³-hybridized carbons (Fsp3) is 0.533. The molecule has 0 spiro atoms. The molecule has 2 heterocycles. The smallest absolute Gasteiger partial charge is 0.123 e. The van der Waals surface area contributed by atoms with Gasteiger partial charge >= 0.3 is 0 Å². The molecule has 0 saturated heterocycles. The maximum Gasteiger partial charge on any atom is 0.123 e. The van der Waals surface area contributed by atoms with Crippen LogP contribution in [-0.2, 0) is 11.3 Å². The number of nitrogens with zero attached hydrogens (tertiary/aromatic N) is 1. The first-order valence-electron chi connectivity index (χ1n) is 7.00. The number of hydrogen-bond donors (Lipinski definition) is 2. The summed E-state index contributed by atoms with van der Waals surface area (Å²) in [5.74, 6) is 1.43. The molecular formula is C15H23N3O2. The Kier molecular flexibility index (Phi) is 5.38. The minimum atomic E-state index is 0.0537. The Morgan fingerprint density at radius 2 is 2.25 bits per heavy atom. The van der Waals surface area contributed by atoms with Gasteiger partial charge in [0.05, 0.1) is 25.1 Å². The van der Waals surface area contributed by atoms with E-state index in [1.54, 1.807) is 6.26 Å². The Hall–Kier alpha value is -1.59. The fourth-order valence-corrected chi connectivity index (χ4v) is 1.94. The van der Waals surface area contributed by atoms with E-state index in [-0.39, 0.29) is 6.04 Å². The summed E-state index contributed by atoms with van der Waals surface area (Å²) in [6.45, 7) is 8.39. The van der Waals surface area contributed by atoms with Gasteiger partial charge in [0, 0.05) is 24.4 Å². The quantitative estimate of drug-likeness (QED) is 0.779. The van der Waals surface area contributed by atoms with Crippen LogP contribution in [0.1, 0.15) is 36.9 Å². The van der Waals surface area contributed by atoms with Crippen LogP contribution in [-0.4, -0.2) is 23.4 Å². The van der Waals surface area contributed by atoms with Gasteiger partial charge in [-0.2, -0.15) is 5.10 Å². The molecule has 0 radical (unpaired) electrons. The van der Waals surface area contributed by atoms with E-state index in [0.29, 0.717) is 12.5 Å². The van der Waals surface area contributed by atoms with Crippen molar-refractivity contribution in [3.05, 3.63) is 41.6 Å². The summed E-state index contributed by atoms with van der Waals surface area (Å²) in [6, 6.07) is 3.92. The van der Waals surface area contributed by atoms with Gasteiger partial charge in [-0.05, 0) is 25.0 Å². The maximum atomic E-state index is 5.74. The van der Waals surface area contributed by atoms with Crippen molar-refractivity contribution in [3.63, 3.8) is 0 Å². The highest BCUT2D eigenvalue weighted by atomic mass is 16.5. The molecule has 2 N–H and O–H groups in total. The molecule has 0 fully saturated rings. The third-order valence-electron chi connectivity index (χ3n) is 3.10. The third-order valence-corrected chi connectivity index (χ3v) is 3.10. The molecule has 0 saturated carbocycles. The number of ether oxygens (including phenoxy) is 1. The summed E-state index contributed by atoms with van der Waals surface area (Å²) in [5, 5.41) is 10.4. The van der Waals surface area contributed by atoms with Gasteiger partial charge in [0.15, 0.2) is 0 Å². The summed E-state index contributed by atoms with van der Waals surface area (Å²) in [6.07, 6.45) is 3.53. The molecule has 2 rings (SSSR count). The average molecular weight is 277 g/mol. The molecule has 0 aliphatic heterocycles. The topological polar surface area (TPSA) is 63.1 Å². The van der Waals surface area contributed by atoms with E-state index in [9.17, 15) is 0 Å². The molecular weight excluding hydrogens is 254 g/mol. The number of H-pyrrole nitrogens is 1. The zero-order valence-electron chi connectivity index (χ0n) is 12.3. The van der Waals surface area contributed by atoms with Crippen LogP contribution in [0.15, 0.2) is 29.0 Å². The van der Waals surface area contributed by atoms with Crippen LogP contribution in [0.5, 0.6) is 0 Å². The summed E-state index contributed by atoms with van der Waals surface area (Å²) in [4.78, 5) is 0. The maximum absolute atomic E-state index is 5.74. The molecule has 0 aromatic carbocycles. The van der Waals surface area contributed by atoms with E-state index in [4.69, 9.17) is 9.15 Å². The largest absolute Gasteiger partial charge is 0.468 e. The Morgan fingerprint density at radius 1 is 1.40 bits per heavy atom. The first-order chi connectivity index (χ1) is 9.66. The van der Waals surface area contributed by atoms with Crippen molar-refractivity contribution in [3.8, 4) is 0 Å². The Balaban J connectivity index is 1.91. The molecule has 110 valence electrons. The second kappa shape index (κ2) is 7.26. The second-order valence-electron chi connectivity index (χ2n) is 5.40. The molecule has 2 aromatic rings. The second-order valence-corrected chi connectivity index (χ2v) is 5.40. The van der Waals surface area contributed by atoms with Gasteiger partial charge in [0.2, 0.25) is 0 Å². The molecule has 0 bridgehead atoms. The van der Waals surface area contributed by atoms with Crippen LogP contribution < -0.4 is 5.32 Å². The number of furan rings is 1. The normalized spacial score (nSPS) is 13.0. The predicted octanol–water partition coefficient (Wildman–Crippen LogP) is 2.81. The van der Waals surface area contributed by atoms with Crippen LogP contribution in [0.25, 0.3) is 0 Å². The van der Waals surface area contributed by atoms with E-state index < -0.39 is 0 Å². The van der Waals surface area contributed by atoms with Gasteiger partial charge in [-0.15, -0.1) is 0 Å². The van der Waals surface area contributed by atoms with Crippen LogP contribution in [0.2, 0.25) is 0 Å². The highest BCUT2D eigenvalue weighted by Crippen LogP contribution is 2.15. The van der Waals surface area contributed by atoms with Crippen molar-refractivity contribution in [2.24, 2.45) is 5.92 Å². The Bertz CT molecular complexity index is 491. The van der Waals surface area contributed by atoms with E-state index >= 15 is 0 Å². The van der Waals surface area contributed by atoms with E-state index in [1.807, 2.05) is 25.3 Å². The van der Waals surface area contributed by atoms with Crippen LogP contribution >= 0.6 is 0 Å². The standard InChI is InChI=1S/C15H23N3O2/c1-11(2)9-19-10-14(15-5-4-6-20-15)16-7-13-8-17-18-12(13)3/h4-6,8,11,14,16H,7,9-10H2,1-3H3,(H,17,18). The summed E-state index contributed by atoms with van der Waals surface area (Å²) >= 11 is 0.